The Hall–Kier alpha value is -0.850. The van der Waals surface area contributed by atoms with Crippen molar-refractivity contribution in [2.45, 2.75) is 32.2 Å². The molecule has 0 radical (unpaired) electrons. The number of thioether (sulfide) groups is 1. The van der Waals surface area contributed by atoms with Crippen molar-refractivity contribution < 1.29 is 22.7 Å². The minimum absolute atomic E-state index is 0.188. The number of allylic oxidation sites excluding steroid dienone is 1. The van der Waals surface area contributed by atoms with Gasteiger partial charge >= 0.3 is 11.5 Å². The number of esters is 1. The molecule has 7 heteroatoms. The number of carbonyl (C=O) groups excluding carboxylic acids is 1. The highest BCUT2D eigenvalue weighted by Gasteiger charge is 2.34. The van der Waals surface area contributed by atoms with E-state index < -0.39 is 28.1 Å². The lowest BCUT2D eigenvalue weighted by Crippen LogP contribution is -2.19. The van der Waals surface area contributed by atoms with Crippen LogP contribution in [0.4, 0.5) is 13.2 Å². The maximum Gasteiger partial charge on any atom is 0.446 e. The highest BCUT2D eigenvalue weighted by molar-refractivity contribution is 8.04. The molecule has 0 aromatic rings. The third kappa shape index (κ3) is 7.14. The van der Waals surface area contributed by atoms with Gasteiger partial charge in [-0.05, 0) is 25.1 Å². The lowest BCUT2D eigenvalue weighted by Gasteiger charge is -2.13. The molecule has 0 bridgehead atoms. The van der Waals surface area contributed by atoms with Gasteiger partial charge in [-0.2, -0.15) is 13.2 Å². The molecule has 17 heavy (non-hydrogen) atoms. The van der Waals surface area contributed by atoms with Crippen LogP contribution in [0.3, 0.4) is 0 Å². The molecule has 0 saturated carbocycles. The van der Waals surface area contributed by atoms with Crippen LogP contribution in [0.25, 0.3) is 0 Å². The normalized spacial score (nSPS) is 13.1. The van der Waals surface area contributed by atoms with Crippen molar-refractivity contribution in [3.8, 4) is 0 Å². The van der Waals surface area contributed by atoms with Gasteiger partial charge in [-0.3, -0.25) is 0 Å². The van der Waals surface area contributed by atoms with Gasteiger partial charge in [0, 0.05) is 12.2 Å². The van der Waals surface area contributed by atoms with Crippen molar-refractivity contribution >= 4 is 17.7 Å². The summed E-state index contributed by atoms with van der Waals surface area (Å²) in [5, 5.41) is 2.78. The second kappa shape index (κ2) is 7.47. The van der Waals surface area contributed by atoms with Gasteiger partial charge in [0.2, 0.25) is 0 Å². The van der Waals surface area contributed by atoms with Crippen LogP contribution in [0.1, 0.15) is 26.7 Å². The average molecular weight is 271 g/mol. The lowest BCUT2D eigenvalue weighted by atomic mass is 10.3. The Morgan fingerprint density at radius 1 is 1.41 bits per heavy atom. The second-order valence-corrected chi connectivity index (χ2v) is 4.35. The maximum atomic E-state index is 12.2. The Bertz CT molecular complexity index is 290. The Labute approximate surface area is 103 Å². The van der Waals surface area contributed by atoms with E-state index in [1.807, 2.05) is 6.92 Å². The Kier molecular flexibility index (Phi) is 7.10. The zero-order valence-electron chi connectivity index (χ0n) is 9.98. The van der Waals surface area contributed by atoms with Crippen LogP contribution >= 0.6 is 11.8 Å². The number of hydrogen-bond donors (Lipinski definition) is 1. The fourth-order valence-corrected chi connectivity index (χ4v) is 1.64. The molecular weight excluding hydrogens is 255 g/mol. The quantitative estimate of drug-likeness (QED) is 0.458. The number of ether oxygens (including phenoxy) is 1. The molecule has 3 nitrogen and oxygen atoms in total. The number of methoxy groups -OCH3 is 1. The molecule has 0 aliphatic heterocycles. The van der Waals surface area contributed by atoms with Crippen molar-refractivity contribution in [2.75, 3.05) is 13.7 Å². The minimum Gasteiger partial charge on any atom is -0.465 e. The van der Waals surface area contributed by atoms with E-state index in [1.165, 1.54) is 6.92 Å². The van der Waals surface area contributed by atoms with Crippen LogP contribution in [0, 0.1) is 0 Å². The van der Waals surface area contributed by atoms with E-state index in [-0.39, 0.29) is 5.70 Å². The molecule has 0 fully saturated rings. The molecule has 0 saturated heterocycles. The highest BCUT2D eigenvalue weighted by Crippen LogP contribution is 2.37. The smallest absolute Gasteiger partial charge is 0.446 e. The van der Waals surface area contributed by atoms with Gasteiger partial charge in [-0.25, -0.2) is 4.79 Å². The molecular formula is C10H16F3NO2S. The molecule has 1 N–H and O–H groups in total. The number of alkyl halides is 3. The van der Waals surface area contributed by atoms with Crippen LogP contribution in [-0.4, -0.2) is 25.1 Å². The summed E-state index contributed by atoms with van der Waals surface area (Å²) in [7, 11) is 1.05. The third-order valence-corrected chi connectivity index (χ3v) is 2.76. The zero-order valence-corrected chi connectivity index (χ0v) is 10.8. The summed E-state index contributed by atoms with van der Waals surface area (Å²) in [6.45, 7) is 3.92. The summed E-state index contributed by atoms with van der Waals surface area (Å²) >= 11 is -0.457. The van der Waals surface area contributed by atoms with E-state index in [1.54, 1.807) is 0 Å². The first-order chi connectivity index (χ1) is 7.81. The van der Waals surface area contributed by atoms with Gasteiger partial charge < -0.3 is 10.1 Å². The first-order valence-corrected chi connectivity index (χ1v) is 5.92. The Morgan fingerprint density at radius 2 is 2.00 bits per heavy atom. The Balaban J connectivity index is 4.75. The first kappa shape index (κ1) is 16.1. The molecule has 0 unspecified atom stereocenters. The molecule has 0 amide bonds. The molecule has 0 heterocycles. The molecule has 100 valence electrons. The second-order valence-electron chi connectivity index (χ2n) is 3.27. The van der Waals surface area contributed by atoms with Crippen LogP contribution in [0.5, 0.6) is 0 Å². The topological polar surface area (TPSA) is 38.3 Å². The fraction of sp³-hybridized carbons (Fsp3) is 0.700. The summed E-state index contributed by atoms with van der Waals surface area (Å²) in [5.41, 5.74) is -4.32. The number of unbranched alkanes of at least 4 members (excludes halogenated alkanes) is 1. The van der Waals surface area contributed by atoms with Gasteiger partial charge in [-0.1, -0.05) is 13.3 Å². The van der Waals surface area contributed by atoms with E-state index in [0.717, 1.165) is 20.0 Å². The van der Waals surface area contributed by atoms with E-state index >= 15 is 0 Å². The maximum absolute atomic E-state index is 12.2. The summed E-state index contributed by atoms with van der Waals surface area (Å²) in [6.07, 6.45) is 1.74. The molecule has 0 rings (SSSR count). The lowest BCUT2D eigenvalue weighted by molar-refractivity contribution is -0.135. The third-order valence-electron chi connectivity index (χ3n) is 1.85. The molecule has 0 atom stereocenters. The number of halogens is 3. The summed E-state index contributed by atoms with van der Waals surface area (Å²) in [5.74, 6) is -0.978. The van der Waals surface area contributed by atoms with Gasteiger partial charge in [0.05, 0.1) is 7.11 Å². The van der Waals surface area contributed by atoms with Crippen LogP contribution < -0.4 is 5.32 Å². The highest BCUT2D eigenvalue weighted by atomic mass is 32.2. The monoisotopic (exact) mass is 271 g/mol. The van der Waals surface area contributed by atoms with Crippen molar-refractivity contribution in [2.24, 2.45) is 0 Å². The van der Waals surface area contributed by atoms with Crippen molar-refractivity contribution in [3.63, 3.8) is 0 Å². The van der Waals surface area contributed by atoms with Crippen molar-refractivity contribution in [3.05, 3.63) is 10.6 Å². The SMILES string of the molecule is CCCCN/C(C)=C(/SC(F)(F)F)C(=O)OC. The number of carbonyl (C=O) groups is 1. The molecule has 0 aliphatic rings. The van der Waals surface area contributed by atoms with Crippen molar-refractivity contribution in [1.29, 1.82) is 0 Å². The van der Waals surface area contributed by atoms with Gasteiger partial charge in [-0.15, -0.1) is 0 Å². The minimum atomic E-state index is -4.50. The number of hydrogen-bond acceptors (Lipinski definition) is 4. The van der Waals surface area contributed by atoms with E-state index in [2.05, 4.69) is 10.1 Å². The van der Waals surface area contributed by atoms with Crippen LogP contribution in [0.15, 0.2) is 10.6 Å². The summed E-state index contributed by atoms with van der Waals surface area (Å²) in [4.78, 5) is 10.8. The average Bonchev–Trinajstić information content (AvgIpc) is 2.24. The van der Waals surface area contributed by atoms with Gasteiger partial charge in [0.15, 0.2) is 0 Å². The number of nitrogens with one attached hydrogen (secondary N) is 1. The predicted octanol–water partition coefficient (Wildman–Crippen LogP) is 3.03. The standard InChI is InChI=1S/C10H16F3NO2S/c1-4-5-6-14-7(2)8(9(15)16-3)17-10(11,12)13/h14H,4-6H2,1-3H3/b8-7+. The van der Waals surface area contributed by atoms with Crippen LogP contribution in [0.2, 0.25) is 0 Å². The predicted molar refractivity (Wildman–Crippen MR) is 61.3 cm³/mol. The summed E-state index contributed by atoms with van der Waals surface area (Å²) in [6, 6.07) is 0. The number of rotatable bonds is 6. The largest absolute Gasteiger partial charge is 0.465 e. The molecule has 0 aliphatic carbocycles. The van der Waals surface area contributed by atoms with Crippen LogP contribution in [-0.2, 0) is 9.53 Å². The zero-order chi connectivity index (χ0) is 13.5. The first-order valence-electron chi connectivity index (χ1n) is 5.10. The van der Waals surface area contributed by atoms with E-state index in [4.69, 9.17) is 0 Å². The van der Waals surface area contributed by atoms with Crippen molar-refractivity contribution in [1.82, 2.24) is 5.32 Å². The molecule has 0 aromatic heterocycles. The fourth-order valence-electron chi connectivity index (χ4n) is 1.01. The Morgan fingerprint density at radius 3 is 2.41 bits per heavy atom. The van der Waals surface area contributed by atoms with E-state index in [0.29, 0.717) is 6.54 Å². The molecule has 0 aromatic carbocycles. The molecule has 0 spiro atoms. The summed E-state index contributed by atoms with van der Waals surface area (Å²) < 4.78 is 41.1. The van der Waals surface area contributed by atoms with Gasteiger partial charge in [0.25, 0.3) is 0 Å². The van der Waals surface area contributed by atoms with Gasteiger partial charge in [0.1, 0.15) is 4.91 Å². The van der Waals surface area contributed by atoms with E-state index in [9.17, 15) is 18.0 Å².